The van der Waals surface area contributed by atoms with E-state index in [1.165, 1.54) is 148 Å². The van der Waals surface area contributed by atoms with Crippen molar-refractivity contribution in [1.82, 2.24) is 9.80 Å². The average Bonchev–Trinajstić information content (AvgIpc) is 3.79. The topological polar surface area (TPSA) is 6.48 Å². The molecule has 56 heavy (non-hydrogen) atoms. The summed E-state index contributed by atoms with van der Waals surface area (Å²) in [6.45, 7) is 0. The lowest BCUT2D eigenvalue weighted by Crippen LogP contribution is -2.44. The second-order valence-corrected chi connectivity index (χ2v) is 19.8. The second kappa shape index (κ2) is 15.5. The summed E-state index contributed by atoms with van der Waals surface area (Å²) in [5.74, 6) is 3.59. The van der Waals surface area contributed by atoms with Gasteiger partial charge in [-0.1, -0.05) is 91.3 Å². The predicted molar refractivity (Wildman–Crippen MR) is 233 cm³/mol. The summed E-state index contributed by atoms with van der Waals surface area (Å²) in [6.07, 6.45) is 64.2. The van der Waals surface area contributed by atoms with Crippen molar-refractivity contribution >= 4 is 0 Å². The van der Waals surface area contributed by atoms with E-state index in [1.54, 1.807) is 50.4 Å². The van der Waals surface area contributed by atoms with E-state index < -0.39 is 0 Å². The molecule has 0 aromatic rings. The molecule has 0 N–H and O–H groups in total. The zero-order valence-electron chi connectivity index (χ0n) is 34.4. The lowest BCUT2D eigenvalue weighted by atomic mass is 9.72. The molecule has 11 aliphatic rings. The van der Waals surface area contributed by atoms with Gasteiger partial charge >= 0.3 is 0 Å². The van der Waals surface area contributed by atoms with Crippen LogP contribution in [0, 0.1) is 29.6 Å². The quantitative estimate of drug-likeness (QED) is 0.250. The molecule has 2 fully saturated rings. The van der Waals surface area contributed by atoms with Gasteiger partial charge in [-0.15, -0.1) is 0 Å². The molecule has 2 aliphatic heterocycles. The SMILES string of the molecule is C1=CCC(C2C=C(C3=CCCCC3)CC(N3C4=C(C=C(C5=CC=C6C7CCCCC7N(C7=CCC(C8=CCCCC8)C=C7)C6C5)CC4)C4CCC=CC43)C2)CC1. The first-order chi connectivity index (χ1) is 27.8. The van der Waals surface area contributed by atoms with Crippen LogP contribution in [0.2, 0.25) is 0 Å². The van der Waals surface area contributed by atoms with Gasteiger partial charge in [-0.3, -0.25) is 0 Å². The molecule has 0 spiro atoms. The Kier molecular flexibility index (Phi) is 9.92. The lowest BCUT2D eigenvalue weighted by Gasteiger charge is -2.44. The Morgan fingerprint density at radius 2 is 1.52 bits per heavy atom. The summed E-state index contributed by atoms with van der Waals surface area (Å²) in [5.41, 5.74) is 15.3. The predicted octanol–water partition coefficient (Wildman–Crippen LogP) is 13.6. The minimum atomic E-state index is 0.541. The maximum atomic E-state index is 3.06. The van der Waals surface area contributed by atoms with E-state index in [1.807, 2.05) is 0 Å². The number of likely N-dealkylation sites (tertiary alicyclic amines) is 1. The molecule has 0 amide bonds. The standard InChI is InChI=1S/C54H68N2/c1-4-14-37(15-5-1)40-24-28-45(29-25-40)55-51-22-12-10-20-47(51)49-30-26-42(36-54(49)55)41-27-31-53-50(35-41)48-21-11-13-23-52(48)56(53)46-33-43(38-16-6-2-7-17-38)32-44(34-46)39-18-8-3-9-19-39/h2,6,13-14,18,23-24,26,28-30,32,35,38,40,43,46-48,51-52,54H,1,3-5,7-12,15-17,19-22,25,27,31,33-34,36H2. The molecule has 0 aromatic carbocycles. The van der Waals surface area contributed by atoms with E-state index in [0.29, 0.717) is 36.0 Å². The zero-order chi connectivity index (χ0) is 37.0. The van der Waals surface area contributed by atoms with Crippen LogP contribution >= 0.6 is 0 Å². The number of fused-ring (bicyclic) bond motifs is 5. The normalized spacial score (nSPS) is 38.0. The Morgan fingerprint density at radius 3 is 2.36 bits per heavy atom. The number of nitrogens with zero attached hydrogens (tertiary/aromatic N) is 2. The van der Waals surface area contributed by atoms with Crippen LogP contribution in [0.3, 0.4) is 0 Å². The molecule has 0 radical (unpaired) electrons. The van der Waals surface area contributed by atoms with Crippen molar-refractivity contribution in [1.29, 1.82) is 0 Å². The summed E-state index contributed by atoms with van der Waals surface area (Å²) < 4.78 is 0. The van der Waals surface area contributed by atoms with Crippen LogP contribution in [-0.4, -0.2) is 34.0 Å². The van der Waals surface area contributed by atoms with Gasteiger partial charge in [0.05, 0.1) is 12.1 Å². The number of rotatable bonds is 6. The van der Waals surface area contributed by atoms with Gasteiger partial charge in [0.25, 0.3) is 0 Å². The van der Waals surface area contributed by atoms with Crippen molar-refractivity contribution < 1.29 is 0 Å². The van der Waals surface area contributed by atoms with Crippen molar-refractivity contribution in [2.45, 2.75) is 172 Å². The van der Waals surface area contributed by atoms with E-state index in [9.17, 15) is 0 Å². The summed E-state index contributed by atoms with van der Waals surface area (Å²) in [7, 11) is 0. The molecule has 9 unspecified atom stereocenters. The third-order valence-electron chi connectivity index (χ3n) is 16.9. The molecule has 9 atom stereocenters. The molecule has 2 heteroatoms. The van der Waals surface area contributed by atoms with Crippen molar-refractivity contribution in [2.24, 2.45) is 29.6 Å². The molecule has 2 nitrogen and oxygen atoms in total. The fraction of sp³-hybridized carbons (Fsp3) is 0.593. The van der Waals surface area contributed by atoms with Crippen LogP contribution in [0.25, 0.3) is 0 Å². The highest BCUT2D eigenvalue weighted by atomic mass is 15.2. The number of hydrogen-bond donors (Lipinski definition) is 0. The smallest absolute Gasteiger partial charge is 0.0552 e. The zero-order valence-corrected chi connectivity index (χ0v) is 34.4. The summed E-state index contributed by atoms with van der Waals surface area (Å²) in [6, 6.07) is 2.42. The maximum absolute atomic E-state index is 3.06. The monoisotopic (exact) mass is 745 g/mol. The van der Waals surface area contributed by atoms with E-state index >= 15 is 0 Å². The van der Waals surface area contributed by atoms with Crippen LogP contribution < -0.4 is 0 Å². The number of allylic oxidation sites excluding steroid dienone is 16. The van der Waals surface area contributed by atoms with Crippen LogP contribution in [0.4, 0.5) is 0 Å². The summed E-state index contributed by atoms with van der Waals surface area (Å²) in [5, 5.41) is 0. The third-order valence-corrected chi connectivity index (χ3v) is 16.9. The average molecular weight is 745 g/mol. The van der Waals surface area contributed by atoms with Gasteiger partial charge in [0.1, 0.15) is 0 Å². The van der Waals surface area contributed by atoms with Crippen LogP contribution in [0.5, 0.6) is 0 Å². The van der Waals surface area contributed by atoms with Gasteiger partial charge in [-0.05, 0) is 186 Å². The van der Waals surface area contributed by atoms with Crippen molar-refractivity contribution in [3.8, 4) is 0 Å². The molecule has 11 rings (SSSR count). The highest BCUT2D eigenvalue weighted by molar-refractivity contribution is 5.52. The van der Waals surface area contributed by atoms with E-state index in [4.69, 9.17) is 0 Å². The molecule has 294 valence electrons. The number of hydrogen-bond acceptors (Lipinski definition) is 2. The van der Waals surface area contributed by atoms with Crippen molar-refractivity contribution in [3.05, 3.63) is 129 Å². The van der Waals surface area contributed by atoms with Crippen LogP contribution in [0.1, 0.15) is 148 Å². The van der Waals surface area contributed by atoms with Crippen LogP contribution in [0.15, 0.2) is 129 Å². The third kappa shape index (κ3) is 6.52. The Bertz CT molecular complexity index is 1910. The van der Waals surface area contributed by atoms with E-state index in [0.717, 1.165) is 17.8 Å². The Hall–Kier alpha value is -3.26. The van der Waals surface area contributed by atoms with Gasteiger partial charge < -0.3 is 9.80 Å². The van der Waals surface area contributed by atoms with Crippen molar-refractivity contribution in [2.75, 3.05) is 0 Å². The molecular weight excluding hydrogens is 677 g/mol. The molecule has 9 aliphatic carbocycles. The molecule has 0 bridgehead atoms. The van der Waals surface area contributed by atoms with E-state index in [2.05, 4.69) is 88.8 Å². The van der Waals surface area contributed by atoms with Gasteiger partial charge in [-0.2, -0.15) is 0 Å². The van der Waals surface area contributed by atoms with Gasteiger partial charge in [0.2, 0.25) is 0 Å². The fourth-order valence-corrected chi connectivity index (χ4v) is 14.1. The summed E-state index contributed by atoms with van der Waals surface area (Å²) >= 11 is 0. The Balaban J connectivity index is 0.881. The minimum Gasteiger partial charge on any atom is -0.364 e. The molecule has 1 saturated carbocycles. The first-order valence-corrected chi connectivity index (χ1v) is 24.0. The molecule has 2 heterocycles. The Labute approximate surface area is 339 Å². The van der Waals surface area contributed by atoms with Crippen molar-refractivity contribution in [3.63, 3.8) is 0 Å². The van der Waals surface area contributed by atoms with Gasteiger partial charge in [0, 0.05) is 41.2 Å². The molecule has 1 saturated heterocycles. The largest absolute Gasteiger partial charge is 0.364 e. The highest BCUT2D eigenvalue weighted by Crippen LogP contribution is 2.53. The minimum absolute atomic E-state index is 0.541. The molecular formula is C54H68N2. The van der Waals surface area contributed by atoms with Gasteiger partial charge in [-0.25, -0.2) is 0 Å². The van der Waals surface area contributed by atoms with Crippen LogP contribution in [-0.2, 0) is 0 Å². The maximum Gasteiger partial charge on any atom is 0.0552 e. The highest BCUT2D eigenvalue weighted by Gasteiger charge is 2.49. The van der Waals surface area contributed by atoms with Gasteiger partial charge in [0.15, 0.2) is 0 Å². The fourth-order valence-electron chi connectivity index (χ4n) is 14.1. The first kappa shape index (κ1) is 35.9. The van der Waals surface area contributed by atoms with E-state index in [-0.39, 0.29) is 0 Å². The lowest BCUT2D eigenvalue weighted by molar-refractivity contribution is 0.152. The summed E-state index contributed by atoms with van der Waals surface area (Å²) in [4.78, 5) is 6.02. The molecule has 0 aromatic heterocycles. The Morgan fingerprint density at radius 1 is 0.607 bits per heavy atom. The second-order valence-electron chi connectivity index (χ2n) is 19.8. The first-order valence-electron chi connectivity index (χ1n) is 24.0.